The summed E-state index contributed by atoms with van der Waals surface area (Å²) < 4.78 is 0. The van der Waals surface area contributed by atoms with Crippen molar-refractivity contribution in [1.29, 1.82) is 0 Å². The molecule has 0 heterocycles. The van der Waals surface area contributed by atoms with Crippen LogP contribution in [0, 0.1) is 0 Å². The Bertz CT molecular complexity index is 11.6. The Kier molecular flexibility index (Phi) is 150. The number of hydrogen-bond donors (Lipinski definition) is 0. The standard InChI is InChI=1S/Ca.K.Na.H3P.Zn.4H/h;;;1H3;;;;;. The van der Waals surface area contributed by atoms with Crippen LogP contribution in [0.5, 0.6) is 0 Å². The van der Waals surface area contributed by atoms with E-state index in [1.165, 1.54) is 0 Å². The summed E-state index contributed by atoms with van der Waals surface area (Å²) in [6.07, 6.45) is 0. The summed E-state index contributed by atoms with van der Waals surface area (Å²) >= 11 is 0. The molecule has 0 saturated heterocycles. The van der Waals surface area contributed by atoms with Gasteiger partial charge in [0.2, 0.25) is 0 Å². The first-order chi connectivity index (χ1) is 0. The van der Waals surface area contributed by atoms with E-state index < -0.39 is 0 Å². The Labute approximate surface area is 143 Å². The quantitative estimate of drug-likeness (QED) is 0.312. The molecule has 0 aromatic carbocycles. The minimum atomic E-state index is 0. The van der Waals surface area contributed by atoms with E-state index in [0.717, 1.165) is 0 Å². The van der Waals surface area contributed by atoms with Gasteiger partial charge in [-0.2, -0.15) is 9.90 Å². The third-order valence-corrected chi connectivity index (χ3v) is 0. The fourth-order valence-electron chi connectivity index (χ4n) is 0. The van der Waals surface area contributed by atoms with Gasteiger partial charge in [-0.1, -0.05) is 0 Å². The van der Waals surface area contributed by atoms with Crippen molar-refractivity contribution in [2.45, 2.75) is 0 Å². The van der Waals surface area contributed by atoms with Gasteiger partial charge in [-0.25, -0.2) is 0 Å². The first-order valence-corrected chi connectivity index (χ1v) is 0. The van der Waals surface area contributed by atoms with E-state index in [9.17, 15) is 0 Å². The van der Waals surface area contributed by atoms with Crippen LogP contribution in [-0.4, -0.2) is 119 Å². The van der Waals surface area contributed by atoms with Crippen LogP contribution in [0.4, 0.5) is 0 Å². The first kappa shape index (κ1) is 32.5. The Balaban J connectivity index is 0. The fraction of sp³-hybridized carbons (Fsp3) is 0. The Morgan fingerprint density at radius 3 is 1.00 bits per heavy atom. The maximum Gasteiger partial charge on any atom is 0 e. The molecule has 0 aromatic rings. The molecule has 0 fully saturated rings. The van der Waals surface area contributed by atoms with Crippen LogP contribution in [0.15, 0.2) is 0 Å². The molecular weight excluding hydrogens is 199 g/mol. The summed E-state index contributed by atoms with van der Waals surface area (Å²) in [5.74, 6) is 0. The molecule has 0 saturated carbocycles. The molecule has 1 unspecified atom stereocenters. The first-order valence-electron chi connectivity index (χ1n) is 0. The molecule has 0 aliphatic heterocycles. The summed E-state index contributed by atoms with van der Waals surface area (Å²) in [5, 5.41) is 0. The van der Waals surface area contributed by atoms with Crippen molar-refractivity contribution in [3.05, 3.63) is 0 Å². The van der Waals surface area contributed by atoms with E-state index in [0.29, 0.717) is 0 Å². The molecule has 1 atom stereocenters. The summed E-state index contributed by atoms with van der Waals surface area (Å²) in [4.78, 5) is 0. The van der Waals surface area contributed by atoms with E-state index in [2.05, 4.69) is 0 Å². The summed E-state index contributed by atoms with van der Waals surface area (Å²) in [7, 11) is 0. The molecule has 0 aromatic heterocycles. The minimum Gasteiger partial charge on any atom is 0 e. The average Bonchev–Trinajstić information content (AvgIpc) is 0. The molecule has 0 aliphatic carbocycles. The summed E-state index contributed by atoms with van der Waals surface area (Å²) in [6.45, 7) is 0. The van der Waals surface area contributed by atoms with Gasteiger partial charge < -0.3 is 0 Å². The van der Waals surface area contributed by atoms with Gasteiger partial charge in [0, 0.05) is 19.5 Å². The molecule has 18 valence electrons. The molecular formula is H7CaKNaPZn. The van der Waals surface area contributed by atoms with Crippen LogP contribution in [-0.2, 0) is 19.5 Å². The third-order valence-electron chi connectivity index (χ3n) is 0. The molecule has 5 heavy (non-hydrogen) atoms. The van der Waals surface area contributed by atoms with Crippen LogP contribution < -0.4 is 0 Å². The average molecular weight is 206 g/mol. The van der Waals surface area contributed by atoms with Crippen molar-refractivity contribution >= 4 is 129 Å². The SMILES string of the molecule is P.[CaH2].[KH].[NaH].[Zn]. The molecule has 0 bridgehead atoms. The van der Waals surface area contributed by atoms with Crippen LogP contribution in [0.25, 0.3) is 0 Å². The maximum atomic E-state index is 0. The predicted octanol–water partition coefficient (Wildman–Crippen LogP) is -2.16. The van der Waals surface area contributed by atoms with E-state index in [1.807, 2.05) is 0 Å². The second-order valence-electron chi connectivity index (χ2n) is 0. The molecule has 0 aliphatic rings. The summed E-state index contributed by atoms with van der Waals surface area (Å²) in [6, 6.07) is 0. The summed E-state index contributed by atoms with van der Waals surface area (Å²) in [5.41, 5.74) is 0. The van der Waals surface area contributed by atoms with Crippen LogP contribution >= 0.6 is 9.90 Å². The van der Waals surface area contributed by atoms with Gasteiger partial charge in [0.05, 0.1) is 0 Å². The Hall–Kier alpha value is 4.95. The zero-order valence-electron chi connectivity index (χ0n) is 1.41. The van der Waals surface area contributed by atoms with Crippen molar-refractivity contribution in [3.8, 4) is 0 Å². The Morgan fingerprint density at radius 2 is 1.00 bits per heavy atom. The maximum absolute atomic E-state index is 0. The van der Waals surface area contributed by atoms with Gasteiger partial charge in [-0.05, 0) is 0 Å². The van der Waals surface area contributed by atoms with Gasteiger partial charge in [0.1, 0.15) is 0 Å². The van der Waals surface area contributed by atoms with Gasteiger partial charge in [0.15, 0.2) is 0 Å². The van der Waals surface area contributed by atoms with Gasteiger partial charge in [0.25, 0.3) is 0 Å². The normalized spacial score (nSPS) is 0. The molecule has 0 amide bonds. The predicted molar refractivity (Wildman–Crippen MR) is 33.9 cm³/mol. The topological polar surface area (TPSA) is 0 Å². The molecule has 0 rings (SSSR count). The Morgan fingerprint density at radius 1 is 1.00 bits per heavy atom. The molecule has 5 heteroatoms. The number of rotatable bonds is 0. The molecule has 0 radical (unpaired) electrons. The van der Waals surface area contributed by atoms with Crippen LogP contribution in [0.3, 0.4) is 0 Å². The van der Waals surface area contributed by atoms with Crippen molar-refractivity contribution in [3.63, 3.8) is 0 Å². The monoisotopic (exact) mass is 204 g/mol. The second-order valence-corrected chi connectivity index (χ2v) is 0. The molecule has 0 spiro atoms. The minimum absolute atomic E-state index is 0. The van der Waals surface area contributed by atoms with Crippen molar-refractivity contribution in [2.24, 2.45) is 0 Å². The van der Waals surface area contributed by atoms with E-state index in [-0.39, 0.29) is 148 Å². The second kappa shape index (κ2) is 23.1. The van der Waals surface area contributed by atoms with Crippen molar-refractivity contribution in [1.82, 2.24) is 0 Å². The van der Waals surface area contributed by atoms with Crippen molar-refractivity contribution < 1.29 is 19.5 Å². The van der Waals surface area contributed by atoms with E-state index in [4.69, 9.17) is 0 Å². The van der Waals surface area contributed by atoms with Gasteiger partial charge >= 0.3 is 119 Å². The number of hydrogen-bond acceptors (Lipinski definition) is 0. The smallest absolute Gasteiger partial charge is 0 e. The molecule has 0 N–H and O–H groups in total. The largest absolute Gasteiger partial charge is 0 e. The van der Waals surface area contributed by atoms with E-state index in [1.54, 1.807) is 0 Å². The van der Waals surface area contributed by atoms with Crippen LogP contribution in [0.1, 0.15) is 0 Å². The fourth-order valence-corrected chi connectivity index (χ4v) is 0. The van der Waals surface area contributed by atoms with Gasteiger partial charge in [-0.3, -0.25) is 0 Å². The van der Waals surface area contributed by atoms with Crippen molar-refractivity contribution in [2.75, 3.05) is 0 Å². The zero-order valence-corrected chi connectivity index (χ0v) is 5.80. The van der Waals surface area contributed by atoms with Crippen LogP contribution in [0.2, 0.25) is 0 Å². The zero-order chi connectivity index (χ0) is 0. The van der Waals surface area contributed by atoms with E-state index >= 15 is 0 Å². The molecule has 0 nitrogen and oxygen atoms in total. The third kappa shape index (κ3) is 17.6. The van der Waals surface area contributed by atoms with Gasteiger partial charge in [-0.15, -0.1) is 0 Å².